The van der Waals surface area contributed by atoms with E-state index in [1.54, 1.807) is 18.3 Å². The first kappa shape index (κ1) is 56.0. The zero-order valence-corrected chi connectivity index (χ0v) is 48.5. The Balaban J connectivity index is 0.786. The third kappa shape index (κ3) is 10.9. The lowest BCUT2D eigenvalue weighted by molar-refractivity contribution is -0.384. The number of halogens is 2. The fraction of sp³-hybridized carbons (Fsp3) is 0.484. The molecule has 3 N–H and O–H groups in total. The maximum absolute atomic E-state index is 15.0. The number of para-hydroxylation sites is 1. The highest BCUT2D eigenvalue weighted by Crippen LogP contribution is 2.54. The largest absolute Gasteiger partial charge is 0.491 e. The monoisotopic (exact) mass is 1170 g/mol. The molecule has 5 fully saturated rings. The average Bonchev–Trinajstić information content (AvgIpc) is 1.10. The van der Waals surface area contributed by atoms with E-state index in [4.69, 9.17) is 28.7 Å². The Hall–Kier alpha value is -7.11. The van der Waals surface area contributed by atoms with E-state index in [2.05, 4.69) is 46.8 Å². The lowest BCUT2D eigenvalue weighted by Gasteiger charge is -2.58. The standard InChI is InChI=1S/C62H71F2N9O10S/c1-37(2)82-54-8-6-5-7-44(54)53-34-69(33-38-9-12-46(63)47(64)25-38)21-22-71(53)42-30-62(31-42)16-19-70(20-17-62)41-10-11-45(49(27-41)72-51-26-40-13-18-65-58(40)67-60(51)83-56-36-81-61(3,4)32-52(56)72)59(74)68-84(77,78)43-28-50(73(75)76)57-55(29-43)80-35-48(66-57)39-14-23-79-24-15-39/h5-13,18,25-29,37,39,42,48,52-53,56,66H,14-17,19-24,30-36H2,1-4H3,(H,65,67)(H,68,74)/t48-,52+,53-,56+/m0/s1. The molecule has 1 amide bonds. The van der Waals surface area contributed by atoms with Crippen LogP contribution in [-0.4, -0.2) is 134 Å². The normalized spacial score (nSPS) is 23.6. The number of fused-ring (bicyclic) bond motifs is 4. The summed E-state index contributed by atoms with van der Waals surface area (Å²) in [4.78, 5) is 44.0. The zero-order chi connectivity index (χ0) is 58.2. The number of rotatable bonds is 13. The Morgan fingerprint density at radius 3 is 2.50 bits per heavy atom. The van der Waals surface area contributed by atoms with Crippen LogP contribution in [0.5, 0.6) is 17.4 Å². The number of aromatic amines is 1. The van der Waals surface area contributed by atoms with E-state index >= 15 is 4.79 Å². The molecular weight excluding hydrogens is 1100 g/mol. The summed E-state index contributed by atoms with van der Waals surface area (Å²) in [5, 5.41) is 16.7. The molecule has 7 aliphatic rings. The molecule has 4 atom stereocenters. The molecule has 0 radical (unpaired) electrons. The number of pyridine rings is 1. The van der Waals surface area contributed by atoms with Gasteiger partial charge in [-0.15, -0.1) is 0 Å². The van der Waals surface area contributed by atoms with E-state index in [1.165, 1.54) is 18.2 Å². The number of piperidine rings is 1. The second-order valence-corrected chi connectivity index (χ2v) is 26.5. The number of hydrogen-bond donors (Lipinski definition) is 3. The summed E-state index contributed by atoms with van der Waals surface area (Å²) in [6.07, 6.45) is 7.16. The maximum atomic E-state index is 15.0. The number of carbonyl (C=O) groups excluding carboxylic acids is 1. The number of ether oxygens (including phenoxy) is 5. The average molecular weight is 1170 g/mol. The van der Waals surface area contributed by atoms with Crippen LogP contribution in [0.2, 0.25) is 0 Å². The van der Waals surface area contributed by atoms with Gasteiger partial charge in [-0.05, 0) is 132 Å². The number of hydrogen-bond acceptors (Lipinski definition) is 16. The summed E-state index contributed by atoms with van der Waals surface area (Å²) >= 11 is 0. The lowest BCUT2D eigenvalue weighted by Crippen LogP contribution is -2.59. The van der Waals surface area contributed by atoms with Gasteiger partial charge in [0.05, 0.1) is 57.5 Å². The predicted molar refractivity (Wildman–Crippen MR) is 312 cm³/mol. The highest BCUT2D eigenvalue weighted by molar-refractivity contribution is 7.90. The van der Waals surface area contributed by atoms with Crippen molar-refractivity contribution < 1.29 is 50.6 Å². The van der Waals surface area contributed by atoms with Crippen LogP contribution in [0.3, 0.4) is 0 Å². The van der Waals surface area contributed by atoms with Crippen molar-refractivity contribution in [2.75, 3.05) is 74.3 Å². The number of benzene rings is 4. The molecule has 19 nitrogen and oxygen atoms in total. The molecular formula is C62H71F2N9O10S. The van der Waals surface area contributed by atoms with E-state index in [0.717, 1.165) is 98.7 Å². The van der Waals surface area contributed by atoms with E-state index in [0.29, 0.717) is 61.7 Å². The van der Waals surface area contributed by atoms with Gasteiger partial charge in [0.15, 0.2) is 23.1 Å². The number of nitrogens with zero attached hydrogens (tertiary/aromatic N) is 6. The molecule has 1 spiro atoms. The van der Waals surface area contributed by atoms with E-state index in [1.807, 2.05) is 64.1 Å². The minimum Gasteiger partial charge on any atom is -0.491 e. The fourth-order valence-electron chi connectivity index (χ4n) is 14.1. The van der Waals surface area contributed by atoms with Crippen LogP contribution in [0.4, 0.5) is 37.2 Å². The first-order valence-corrected chi connectivity index (χ1v) is 30.9. The Morgan fingerprint density at radius 2 is 1.73 bits per heavy atom. The quantitative estimate of drug-likeness (QED) is 0.0726. The third-order valence-corrected chi connectivity index (χ3v) is 19.8. The number of nitrogens with one attached hydrogen (secondary N) is 3. The van der Waals surface area contributed by atoms with Crippen molar-refractivity contribution in [3.63, 3.8) is 0 Å². The summed E-state index contributed by atoms with van der Waals surface area (Å²) in [5.74, 6) is -1.30. The van der Waals surface area contributed by atoms with Gasteiger partial charge in [0.25, 0.3) is 21.6 Å². The molecule has 84 heavy (non-hydrogen) atoms. The SMILES string of the molecule is CC(C)Oc1ccccc1[C@@H]1CN(Cc2ccc(F)c(F)c2)CCN1C1CC2(CCN(c3ccc(C(=O)NS(=O)(=O)c4cc5c(c([N+](=O)[O-])c4)N[C@H](C4CCOCC4)CO5)c(N4c5cc6cc[nH]c6nc5O[C@@H]5COC(C)(C)C[C@H]54)c3)CC2)C1. The number of aromatic nitrogens is 2. The first-order chi connectivity index (χ1) is 40.4. The van der Waals surface area contributed by atoms with Gasteiger partial charge in [-0.3, -0.25) is 24.7 Å². The molecule has 444 valence electrons. The van der Waals surface area contributed by atoms with Crippen molar-refractivity contribution in [2.45, 2.75) is 126 Å². The number of amides is 1. The Kier molecular flexibility index (Phi) is 14.7. The molecule has 22 heteroatoms. The minimum atomic E-state index is -4.75. The van der Waals surface area contributed by atoms with E-state index in [9.17, 15) is 27.3 Å². The molecule has 1 saturated carbocycles. The summed E-state index contributed by atoms with van der Waals surface area (Å²) in [5.41, 5.74) is 3.54. The maximum Gasteiger partial charge on any atom is 0.297 e. The highest BCUT2D eigenvalue weighted by Gasteiger charge is 2.51. The van der Waals surface area contributed by atoms with Crippen molar-refractivity contribution in [3.05, 3.63) is 130 Å². The van der Waals surface area contributed by atoms with Crippen molar-refractivity contribution in [2.24, 2.45) is 11.3 Å². The second-order valence-electron chi connectivity index (χ2n) is 24.8. The molecule has 1 aliphatic carbocycles. The molecule has 0 unspecified atom stereocenters. The number of carbonyl (C=O) groups is 1. The second kappa shape index (κ2) is 22.1. The van der Waals surface area contributed by atoms with Gasteiger partial charge >= 0.3 is 0 Å². The number of H-pyrrole nitrogens is 1. The van der Waals surface area contributed by atoms with Gasteiger partial charge in [-0.2, -0.15) is 4.98 Å². The van der Waals surface area contributed by atoms with Gasteiger partial charge < -0.3 is 43.8 Å². The Labute approximate surface area is 487 Å². The number of piperazine rings is 1. The molecule has 2 aromatic heterocycles. The number of nitro groups is 1. The number of anilines is 4. The van der Waals surface area contributed by atoms with Crippen LogP contribution < -0.4 is 34.0 Å². The van der Waals surface area contributed by atoms with Crippen LogP contribution >= 0.6 is 0 Å². The van der Waals surface area contributed by atoms with Crippen LogP contribution in [0, 0.1) is 33.1 Å². The predicted octanol–water partition coefficient (Wildman–Crippen LogP) is 10.0. The summed E-state index contributed by atoms with van der Waals surface area (Å²) in [6.45, 7) is 13.9. The number of nitro benzene ring substituents is 1. The molecule has 4 aromatic carbocycles. The van der Waals surface area contributed by atoms with Crippen molar-refractivity contribution in [3.8, 4) is 17.4 Å². The molecule has 13 rings (SSSR count). The van der Waals surface area contributed by atoms with Gasteiger partial charge in [0.1, 0.15) is 29.8 Å². The van der Waals surface area contributed by atoms with Gasteiger partial charge in [-0.1, -0.05) is 24.3 Å². The molecule has 6 aliphatic heterocycles. The third-order valence-electron chi connectivity index (χ3n) is 18.5. The first-order valence-electron chi connectivity index (χ1n) is 29.4. The van der Waals surface area contributed by atoms with Crippen LogP contribution in [0.25, 0.3) is 11.0 Å². The van der Waals surface area contributed by atoms with Crippen molar-refractivity contribution in [1.29, 1.82) is 0 Å². The molecule has 6 aromatic rings. The van der Waals surface area contributed by atoms with Crippen LogP contribution in [-0.2, 0) is 26.0 Å². The molecule has 4 saturated heterocycles. The van der Waals surface area contributed by atoms with E-state index in [-0.39, 0.29) is 65.8 Å². The topological polar surface area (TPSA) is 206 Å². The Morgan fingerprint density at radius 1 is 0.929 bits per heavy atom. The summed E-state index contributed by atoms with van der Waals surface area (Å²) in [7, 11) is -4.75. The zero-order valence-electron chi connectivity index (χ0n) is 47.7. The lowest BCUT2D eigenvalue weighted by atomic mass is 9.59. The summed E-state index contributed by atoms with van der Waals surface area (Å²) in [6, 6.07) is 23.7. The highest BCUT2D eigenvalue weighted by atomic mass is 32.2. The minimum absolute atomic E-state index is 0.00690. The van der Waals surface area contributed by atoms with Gasteiger partial charge in [0.2, 0.25) is 5.88 Å². The fourth-order valence-corrected chi connectivity index (χ4v) is 15.1. The van der Waals surface area contributed by atoms with E-state index < -0.39 is 54.8 Å². The van der Waals surface area contributed by atoms with Crippen molar-refractivity contribution in [1.82, 2.24) is 24.5 Å². The summed E-state index contributed by atoms with van der Waals surface area (Å²) < 4.78 is 90.6. The Bertz CT molecular complexity index is 3620. The number of sulfonamides is 1. The smallest absolute Gasteiger partial charge is 0.297 e. The van der Waals surface area contributed by atoms with Gasteiger partial charge in [-0.25, -0.2) is 21.9 Å². The van der Waals surface area contributed by atoms with Crippen molar-refractivity contribution >= 4 is 55.4 Å². The molecule has 0 bridgehead atoms. The van der Waals surface area contributed by atoms with Gasteiger partial charge in [0, 0.05) is 99.9 Å². The van der Waals surface area contributed by atoms with Crippen LogP contribution in [0.15, 0.2) is 96.0 Å². The van der Waals surface area contributed by atoms with Crippen LogP contribution in [0.1, 0.15) is 100 Å². The molecule has 8 heterocycles.